The lowest BCUT2D eigenvalue weighted by Crippen LogP contribution is -2.09. The van der Waals surface area contributed by atoms with Gasteiger partial charge in [0.25, 0.3) is 0 Å². The number of thiazole rings is 1. The van der Waals surface area contributed by atoms with Gasteiger partial charge in [-0.3, -0.25) is 4.79 Å². The summed E-state index contributed by atoms with van der Waals surface area (Å²) in [5, 5.41) is 11.4. The first kappa shape index (κ1) is 18.9. The van der Waals surface area contributed by atoms with Crippen LogP contribution in [-0.4, -0.2) is 29.3 Å². The van der Waals surface area contributed by atoms with Gasteiger partial charge in [0, 0.05) is 10.9 Å². The molecule has 0 fully saturated rings. The fourth-order valence-corrected chi connectivity index (χ4v) is 3.35. The number of hydrogen-bond acceptors (Lipinski definition) is 5. The standard InChI is InChI=1S/C21H21NO4S/c1-2-15-6-8-18(9-7-15)25-10-11-26-19-5-3-4-16(12-19)21-22-17(14-27-21)13-20(23)24/h3-9,12,14H,2,10-11,13H2,1H3,(H,23,24). The normalized spacial score (nSPS) is 10.6. The second kappa shape index (κ2) is 9.19. The maximum Gasteiger partial charge on any atom is 0.309 e. The number of ether oxygens (including phenoxy) is 2. The van der Waals surface area contributed by atoms with E-state index in [1.807, 2.05) is 36.4 Å². The zero-order valence-corrected chi connectivity index (χ0v) is 15.9. The minimum absolute atomic E-state index is 0.0662. The van der Waals surface area contributed by atoms with Gasteiger partial charge < -0.3 is 14.6 Å². The molecule has 0 aliphatic carbocycles. The van der Waals surface area contributed by atoms with Gasteiger partial charge in [0.05, 0.1) is 12.1 Å². The predicted octanol–water partition coefficient (Wildman–Crippen LogP) is 4.46. The predicted molar refractivity (Wildman–Crippen MR) is 106 cm³/mol. The van der Waals surface area contributed by atoms with E-state index in [9.17, 15) is 4.79 Å². The molecule has 0 atom stereocenters. The Hall–Kier alpha value is -2.86. The molecule has 0 radical (unpaired) electrons. The van der Waals surface area contributed by atoms with E-state index in [0.717, 1.165) is 28.5 Å². The fraction of sp³-hybridized carbons (Fsp3) is 0.238. The molecule has 2 aromatic carbocycles. The van der Waals surface area contributed by atoms with Crippen molar-refractivity contribution in [1.82, 2.24) is 4.98 Å². The average Bonchev–Trinajstić information content (AvgIpc) is 3.14. The molecule has 0 aliphatic rings. The van der Waals surface area contributed by atoms with E-state index >= 15 is 0 Å². The number of aliphatic carboxylic acids is 1. The van der Waals surface area contributed by atoms with Gasteiger partial charge in [-0.05, 0) is 36.2 Å². The van der Waals surface area contributed by atoms with Crippen molar-refractivity contribution in [2.75, 3.05) is 13.2 Å². The molecule has 1 aromatic heterocycles. The molecule has 27 heavy (non-hydrogen) atoms. The van der Waals surface area contributed by atoms with Crippen LogP contribution in [0.25, 0.3) is 10.6 Å². The summed E-state index contributed by atoms with van der Waals surface area (Å²) in [5.74, 6) is 0.680. The lowest BCUT2D eigenvalue weighted by molar-refractivity contribution is -0.136. The monoisotopic (exact) mass is 383 g/mol. The molecule has 5 nitrogen and oxygen atoms in total. The van der Waals surface area contributed by atoms with Gasteiger partial charge >= 0.3 is 5.97 Å². The highest BCUT2D eigenvalue weighted by atomic mass is 32.1. The van der Waals surface area contributed by atoms with Gasteiger partial charge in [-0.15, -0.1) is 11.3 Å². The molecular weight excluding hydrogens is 362 g/mol. The summed E-state index contributed by atoms with van der Waals surface area (Å²) in [5.41, 5.74) is 2.76. The van der Waals surface area contributed by atoms with E-state index in [2.05, 4.69) is 24.0 Å². The molecule has 1 heterocycles. The van der Waals surface area contributed by atoms with E-state index in [1.165, 1.54) is 16.9 Å². The van der Waals surface area contributed by atoms with Crippen LogP contribution in [0.4, 0.5) is 0 Å². The Balaban J connectivity index is 1.52. The van der Waals surface area contributed by atoms with E-state index in [4.69, 9.17) is 14.6 Å². The lowest BCUT2D eigenvalue weighted by Gasteiger charge is -2.09. The van der Waals surface area contributed by atoms with Crippen LogP contribution in [0.5, 0.6) is 11.5 Å². The Morgan fingerprint density at radius 3 is 2.52 bits per heavy atom. The van der Waals surface area contributed by atoms with Gasteiger partial charge in [0.15, 0.2) is 0 Å². The maximum absolute atomic E-state index is 10.8. The molecule has 140 valence electrons. The molecule has 0 unspecified atom stereocenters. The first-order valence-electron chi connectivity index (χ1n) is 8.75. The summed E-state index contributed by atoms with van der Waals surface area (Å²) in [6, 6.07) is 15.7. The number of aromatic nitrogens is 1. The number of nitrogens with zero attached hydrogens (tertiary/aromatic N) is 1. The van der Waals surface area contributed by atoms with Crippen molar-refractivity contribution in [3.63, 3.8) is 0 Å². The fourth-order valence-electron chi connectivity index (χ4n) is 2.54. The van der Waals surface area contributed by atoms with Crippen LogP contribution >= 0.6 is 11.3 Å². The van der Waals surface area contributed by atoms with Gasteiger partial charge in [-0.25, -0.2) is 4.98 Å². The van der Waals surface area contributed by atoms with Crippen LogP contribution in [0.15, 0.2) is 53.9 Å². The van der Waals surface area contributed by atoms with E-state index < -0.39 is 5.97 Å². The summed E-state index contributed by atoms with van der Waals surface area (Å²) in [6.07, 6.45) is 0.944. The molecule has 0 spiro atoms. The van der Waals surface area contributed by atoms with Crippen LogP contribution in [0.3, 0.4) is 0 Å². The molecule has 6 heteroatoms. The van der Waals surface area contributed by atoms with Crippen LogP contribution in [0, 0.1) is 0 Å². The van der Waals surface area contributed by atoms with Crippen LogP contribution in [0.2, 0.25) is 0 Å². The zero-order valence-electron chi connectivity index (χ0n) is 15.1. The maximum atomic E-state index is 10.8. The van der Waals surface area contributed by atoms with Crippen molar-refractivity contribution in [3.8, 4) is 22.1 Å². The van der Waals surface area contributed by atoms with Crippen molar-refractivity contribution >= 4 is 17.3 Å². The van der Waals surface area contributed by atoms with E-state index in [-0.39, 0.29) is 6.42 Å². The highest BCUT2D eigenvalue weighted by Gasteiger charge is 2.08. The van der Waals surface area contributed by atoms with Gasteiger partial charge in [-0.1, -0.05) is 31.2 Å². The SMILES string of the molecule is CCc1ccc(OCCOc2cccc(-c3nc(CC(=O)O)cs3)c2)cc1. The van der Waals surface area contributed by atoms with E-state index in [1.54, 1.807) is 5.38 Å². The third-order valence-corrected chi connectivity index (χ3v) is 4.86. The Morgan fingerprint density at radius 2 is 1.81 bits per heavy atom. The van der Waals surface area contributed by atoms with Crippen LogP contribution in [0.1, 0.15) is 18.2 Å². The molecule has 0 amide bonds. The van der Waals surface area contributed by atoms with Crippen molar-refractivity contribution in [2.45, 2.75) is 19.8 Å². The highest BCUT2D eigenvalue weighted by molar-refractivity contribution is 7.13. The molecule has 0 bridgehead atoms. The first-order valence-corrected chi connectivity index (χ1v) is 9.63. The summed E-state index contributed by atoms with van der Waals surface area (Å²) >= 11 is 1.43. The number of carboxylic acid groups (broad SMARTS) is 1. The molecule has 0 saturated heterocycles. The van der Waals surface area contributed by atoms with Gasteiger partial charge in [0.2, 0.25) is 0 Å². The lowest BCUT2D eigenvalue weighted by atomic mass is 10.2. The third kappa shape index (κ3) is 5.56. The van der Waals surface area contributed by atoms with Crippen molar-refractivity contribution in [2.24, 2.45) is 0 Å². The molecule has 3 aromatic rings. The second-order valence-electron chi connectivity index (χ2n) is 5.94. The van der Waals surface area contributed by atoms with Crippen molar-refractivity contribution in [3.05, 3.63) is 65.2 Å². The van der Waals surface area contributed by atoms with E-state index in [0.29, 0.717) is 18.9 Å². The molecule has 0 aliphatic heterocycles. The Labute approximate surface area is 162 Å². The van der Waals surface area contributed by atoms with Gasteiger partial charge in [-0.2, -0.15) is 0 Å². The molecule has 1 N–H and O–H groups in total. The van der Waals surface area contributed by atoms with Gasteiger partial charge in [0.1, 0.15) is 29.7 Å². The number of hydrogen-bond donors (Lipinski definition) is 1. The quantitative estimate of drug-likeness (QED) is 0.553. The highest BCUT2D eigenvalue weighted by Crippen LogP contribution is 2.27. The van der Waals surface area contributed by atoms with Crippen LogP contribution < -0.4 is 9.47 Å². The molecule has 3 rings (SSSR count). The zero-order chi connectivity index (χ0) is 19.1. The average molecular weight is 383 g/mol. The molecular formula is C21H21NO4S. The smallest absolute Gasteiger partial charge is 0.309 e. The molecule has 0 saturated carbocycles. The Morgan fingerprint density at radius 1 is 1.07 bits per heavy atom. The minimum atomic E-state index is -0.881. The second-order valence-corrected chi connectivity index (χ2v) is 6.79. The number of carbonyl (C=O) groups is 1. The third-order valence-electron chi connectivity index (χ3n) is 3.92. The number of carboxylic acids is 1. The summed E-state index contributed by atoms with van der Waals surface area (Å²) < 4.78 is 11.5. The van der Waals surface area contributed by atoms with Crippen LogP contribution in [-0.2, 0) is 17.6 Å². The largest absolute Gasteiger partial charge is 0.490 e. The minimum Gasteiger partial charge on any atom is -0.490 e. The Kier molecular flexibility index (Phi) is 6.44. The first-order chi connectivity index (χ1) is 13.1. The number of aryl methyl sites for hydroxylation is 1. The summed E-state index contributed by atoms with van der Waals surface area (Å²) in [4.78, 5) is 15.2. The Bertz CT molecular complexity index is 889. The topological polar surface area (TPSA) is 68.7 Å². The van der Waals surface area contributed by atoms with Crippen molar-refractivity contribution in [1.29, 1.82) is 0 Å². The van der Waals surface area contributed by atoms with Crippen molar-refractivity contribution < 1.29 is 19.4 Å². The summed E-state index contributed by atoms with van der Waals surface area (Å²) in [7, 11) is 0. The summed E-state index contributed by atoms with van der Waals surface area (Å²) in [6.45, 7) is 3.01. The number of rotatable bonds is 9. The number of benzene rings is 2.